The van der Waals surface area contributed by atoms with Crippen LogP contribution in [-0.4, -0.2) is 17.1 Å². The Labute approximate surface area is 226 Å². The molecule has 176 valence electrons. The van der Waals surface area contributed by atoms with Crippen LogP contribution in [0.2, 0.25) is 20.1 Å². The van der Waals surface area contributed by atoms with Crippen LogP contribution in [-0.2, 0) is 16.0 Å². The summed E-state index contributed by atoms with van der Waals surface area (Å²) in [6, 6.07) is 20.6. The van der Waals surface area contributed by atoms with E-state index < -0.39 is 11.2 Å². The molecule has 1 aliphatic rings. The Balaban J connectivity index is 1.74. The van der Waals surface area contributed by atoms with Crippen molar-refractivity contribution in [2.24, 2.45) is 0 Å². The van der Waals surface area contributed by atoms with Gasteiger partial charge in [0.15, 0.2) is 0 Å². The van der Waals surface area contributed by atoms with E-state index in [1.54, 1.807) is 48.5 Å². The fourth-order valence-corrected chi connectivity index (χ4v) is 5.63. The van der Waals surface area contributed by atoms with Crippen molar-refractivity contribution in [3.05, 3.63) is 103 Å². The van der Waals surface area contributed by atoms with Crippen molar-refractivity contribution in [3.63, 3.8) is 0 Å². The smallest absolute Gasteiger partial charge is 0.269 e. The molecular formula is C25H15Cl4N3O2S. The monoisotopic (exact) mass is 561 g/mol. The van der Waals surface area contributed by atoms with Crippen molar-refractivity contribution in [1.29, 1.82) is 5.26 Å². The van der Waals surface area contributed by atoms with Gasteiger partial charge in [0.1, 0.15) is 16.7 Å². The molecule has 1 N–H and O–H groups in total. The lowest BCUT2D eigenvalue weighted by atomic mass is 10.1. The number of carbonyl (C=O) groups is 2. The van der Waals surface area contributed by atoms with Gasteiger partial charge in [-0.2, -0.15) is 5.26 Å². The SMILES string of the molecule is N#CC(C(=O)Nc1ccc(Cl)cc1Cl)=C1SC(Cc2cccc(Cl)c2Cl)C(=O)N1c1ccccc1. The maximum atomic E-state index is 13.5. The van der Waals surface area contributed by atoms with Gasteiger partial charge in [-0.15, -0.1) is 0 Å². The Hall–Kier alpha value is -2.66. The minimum absolute atomic E-state index is 0.217. The van der Waals surface area contributed by atoms with Gasteiger partial charge in [-0.05, 0) is 48.4 Å². The van der Waals surface area contributed by atoms with Gasteiger partial charge in [-0.1, -0.05) is 88.5 Å². The Morgan fingerprint density at radius 1 is 1.00 bits per heavy atom. The molecule has 2 amide bonds. The third-order valence-corrected chi connectivity index (χ3v) is 7.80. The third-order valence-electron chi connectivity index (χ3n) is 5.14. The van der Waals surface area contributed by atoms with Gasteiger partial charge in [-0.3, -0.25) is 14.5 Å². The van der Waals surface area contributed by atoms with Crippen LogP contribution in [0.5, 0.6) is 0 Å². The Morgan fingerprint density at radius 2 is 1.74 bits per heavy atom. The van der Waals surface area contributed by atoms with Gasteiger partial charge in [0.05, 0.1) is 26.0 Å². The van der Waals surface area contributed by atoms with Crippen molar-refractivity contribution in [1.82, 2.24) is 0 Å². The molecular weight excluding hydrogens is 548 g/mol. The number of hydrogen-bond donors (Lipinski definition) is 1. The summed E-state index contributed by atoms with van der Waals surface area (Å²) in [4.78, 5) is 28.1. The second kappa shape index (κ2) is 10.9. The third kappa shape index (κ3) is 5.45. The predicted octanol–water partition coefficient (Wildman–Crippen LogP) is 7.37. The number of para-hydroxylation sites is 1. The largest absolute Gasteiger partial charge is 0.320 e. The number of anilines is 2. The Morgan fingerprint density at radius 3 is 2.43 bits per heavy atom. The summed E-state index contributed by atoms with van der Waals surface area (Å²) in [5, 5.41) is 13.5. The van der Waals surface area contributed by atoms with E-state index in [0.717, 1.165) is 11.8 Å². The summed E-state index contributed by atoms with van der Waals surface area (Å²) >= 11 is 25.7. The molecule has 1 atom stereocenters. The van der Waals surface area contributed by atoms with Gasteiger partial charge < -0.3 is 5.32 Å². The van der Waals surface area contributed by atoms with Crippen molar-refractivity contribution in [2.75, 3.05) is 10.2 Å². The second-order valence-corrected chi connectivity index (χ2v) is 10.2. The topological polar surface area (TPSA) is 73.2 Å². The molecule has 1 heterocycles. The molecule has 0 aliphatic carbocycles. The minimum atomic E-state index is -0.700. The lowest BCUT2D eigenvalue weighted by Crippen LogP contribution is -2.31. The van der Waals surface area contributed by atoms with Crippen LogP contribution in [0.1, 0.15) is 5.56 Å². The van der Waals surface area contributed by atoms with E-state index in [1.165, 1.54) is 17.0 Å². The first kappa shape index (κ1) is 25.4. The summed E-state index contributed by atoms with van der Waals surface area (Å²) in [6.45, 7) is 0. The highest BCUT2D eigenvalue weighted by atomic mass is 35.5. The first-order valence-corrected chi connectivity index (χ1v) is 12.6. The minimum Gasteiger partial charge on any atom is -0.320 e. The highest BCUT2D eigenvalue weighted by Gasteiger charge is 2.41. The van der Waals surface area contributed by atoms with Crippen molar-refractivity contribution < 1.29 is 9.59 Å². The van der Waals surface area contributed by atoms with Gasteiger partial charge in [0.25, 0.3) is 5.91 Å². The van der Waals surface area contributed by atoms with E-state index in [0.29, 0.717) is 26.3 Å². The molecule has 0 bridgehead atoms. The maximum Gasteiger partial charge on any atom is 0.269 e. The average Bonchev–Trinajstić information content (AvgIpc) is 3.15. The van der Waals surface area contributed by atoms with Gasteiger partial charge in [0.2, 0.25) is 5.91 Å². The average molecular weight is 563 g/mol. The number of nitriles is 1. The molecule has 1 aliphatic heterocycles. The number of hydrogen-bond acceptors (Lipinski definition) is 4. The summed E-state index contributed by atoms with van der Waals surface area (Å²) in [5.74, 6) is -0.980. The number of benzene rings is 3. The molecule has 4 rings (SSSR count). The van der Waals surface area contributed by atoms with Gasteiger partial charge in [0, 0.05) is 10.7 Å². The fourth-order valence-electron chi connectivity index (χ4n) is 3.48. The number of thioether (sulfide) groups is 1. The molecule has 10 heteroatoms. The molecule has 35 heavy (non-hydrogen) atoms. The predicted molar refractivity (Wildman–Crippen MR) is 143 cm³/mol. The standard InChI is InChI=1S/C25H15Cl4N3O2S/c26-15-9-10-20(19(28)12-15)31-23(33)17(13-30)25-32(16-6-2-1-3-7-16)24(34)21(35-25)11-14-5-4-8-18(27)22(14)29/h1-10,12,21H,11H2,(H,31,33). The summed E-state index contributed by atoms with van der Waals surface area (Å²) in [5.41, 5.74) is 1.29. The summed E-state index contributed by atoms with van der Waals surface area (Å²) in [6.07, 6.45) is 0.263. The molecule has 0 spiro atoms. The van der Waals surface area contributed by atoms with Crippen LogP contribution in [0.3, 0.4) is 0 Å². The molecule has 1 fully saturated rings. The highest BCUT2D eigenvalue weighted by molar-refractivity contribution is 8.05. The number of carbonyl (C=O) groups excluding carboxylic acids is 2. The summed E-state index contributed by atoms with van der Waals surface area (Å²) in [7, 11) is 0. The normalized spacial score (nSPS) is 16.7. The second-order valence-electron chi connectivity index (χ2n) is 7.40. The summed E-state index contributed by atoms with van der Waals surface area (Å²) < 4.78 is 0. The van der Waals surface area contributed by atoms with E-state index in [1.807, 2.05) is 12.1 Å². The first-order valence-electron chi connectivity index (χ1n) is 10.2. The first-order chi connectivity index (χ1) is 16.8. The quantitative estimate of drug-likeness (QED) is 0.260. The number of nitrogens with one attached hydrogen (secondary N) is 1. The molecule has 3 aromatic carbocycles. The highest BCUT2D eigenvalue weighted by Crippen LogP contribution is 2.43. The van der Waals surface area contributed by atoms with Crippen LogP contribution in [0.15, 0.2) is 77.3 Å². The van der Waals surface area contributed by atoms with Gasteiger partial charge in [-0.25, -0.2) is 0 Å². The Kier molecular flexibility index (Phi) is 7.95. The fraction of sp³-hybridized carbons (Fsp3) is 0.0800. The van der Waals surface area contributed by atoms with E-state index in [2.05, 4.69) is 5.32 Å². The molecule has 0 saturated carbocycles. The van der Waals surface area contributed by atoms with Crippen molar-refractivity contribution >= 4 is 81.4 Å². The zero-order chi connectivity index (χ0) is 25.1. The zero-order valence-electron chi connectivity index (χ0n) is 17.8. The lowest BCUT2D eigenvalue weighted by Gasteiger charge is -2.18. The molecule has 1 unspecified atom stereocenters. The van der Waals surface area contributed by atoms with Crippen molar-refractivity contribution in [2.45, 2.75) is 11.7 Å². The number of amides is 2. The number of halogens is 4. The van der Waals surface area contributed by atoms with E-state index in [-0.39, 0.29) is 33.6 Å². The molecule has 0 radical (unpaired) electrons. The zero-order valence-corrected chi connectivity index (χ0v) is 21.6. The van der Waals surface area contributed by atoms with Crippen LogP contribution < -0.4 is 10.2 Å². The van der Waals surface area contributed by atoms with Crippen molar-refractivity contribution in [3.8, 4) is 6.07 Å². The molecule has 1 saturated heterocycles. The van der Waals surface area contributed by atoms with Gasteiger partial charge >= 0.3 is 0 Å². The molecule has 3 aromatic rings. The van der Waals surface area contributed by atoms with E-state index >= 15 is 0 Å². The van der Waals surface area contributed by atoms with Crippen LogP contribution in [0, 0.1) is 11.3 Å². The van der Waals surface area contributed by atoms with E-state index in [9.17, 15) is 14.9 Å². The maximum absolute atomic E-state index is 13.5. The number of nitrogens with zero attached hydrogens (tertiary/aromatic N) is 2. The molecule has 0 aromatic heterocycles. The van der Waals surface area contributed by atoms with Crippen LogP contribution in [0.4, 0.5) is 11.4 Å². The molecule has 5 nitrogen and oxygen atoms in total. The Bertz CT molecular complexity index is 1390. The van der Waals surface area contributed by atoms with E-state index in [4.69, 9.17) is 46.4 Å². The van der Waals surface area contributed by atoms with Crippen LogP contribution >= 0.6 is 58.2 Å². The van der Waals surface area contributed by atoms with Crippen LogP contribution in [0.25, 0.3) is 0 Å². The number of rotatable bonds is 5. The lowest BCUT2D eigenvalue weighted by molar-refractivity contribution is -0.117.